The number of H-pyrrole nitrogens is 1. The fourth-order valence-corrected chi connectivity index (χ4v) is 2.89. The summed E-state index contributed by atoms with van der Waals surface area (Å²) in [5, 5.41) is 20.6. The van der Waals surface area contributed by atoms with E-state index in [1.165, 1.54) is 4.57 Å². The van der Waals surface area contributed by atoms with E-state index in [1.54, 1.807) is 12.4 Å². The molecule has 6 nitrogen and oxygen atoms in total. The maximum Gasteiger partial charge on any atom is 0.297 e. The number of nitrogens with one attached hydrogen (secondary N) is 1. The number of rotatable bonds is 7. The Morgan fingerprint density at radius 2 is 2.00 bits per heavy atom. The molecule has 0 saturated carbocycles. The Morgan fingerprint density at radius 1 is 1.16 bits per heavy atom. The van der Waals surface area contributed by atoms with E-state index in [-0.39, 0.29) is 11.3 Å². The van der Waals surface area contributed by atoms with E-state index in [0.717, 1.165) is 42.6 Å². The highest BCUT2D eigenvalue weighted by Gasteiger charge is 2.10. The number of benzene rings is 1. The van der Waals surface area contributed by atoms with Crippen LogP contribution in [-0.2, 0) is 12.8 Å². The number of aromatic hydroxyl groups is 1. The standard InChI is InChI=1S/C19H22N4O2/c1-14-6-5-9-17(12-14)23-11-10-15(18(24)19(23)25)7-3-2-4-8-16-13-20-22-21-16/h5-6,9-13,24H,2-4,7-8H2,1H3,(H,20,21,22). The second-order valence-corrected chi connectivity index (χ2v) is 6.23. The minimum Gasteiger partial charge on any atom is -0.503 e. The van der Waals surface area contributed by atoms with Gasteiger partial charge in [-0.15, -0.1) is 5.10 Å². The molecule has 0 spiro atoms. The van der Waals surface area contributed by atoms with Crippen molar-refractivity contribution >= 4 is 0 Å². The maximum atomic E-state index is 12.4. The maximum absolute atomic E-state index is 12.4. The quantitative estimate of drug-likeness (QED) is 0.649. The van der Waals surface area contributed by atoms with Gasteiger partial charge in [0.2, 0.25) is 0 Å². The van der Waals surface area contributed by atoms with E-state index < -0.39 is 0 Å². The second kappa shape index (κ2) is 7.79. The molecule has 0 aliphatic rings. The molecule has 25 heavy (non-hydrogen) atoms. The lowest BCUT2D eigenvalue weighted by Crippen LogP contribution is -2.18. The normalized spacial score (nSPS) is 10.9. The van der Waals surface area contributed by atoms with Crippen molar-refractivity contribution < 1.29 is 5.11 Å². The van der Waals surface area contributed by atoms with Gasteiger partial charge >= 0.3 is 0 Å². The second-order valence-electron chi connectivity index (χ2n) is 6.23. The number of hydrogen-bond donors (Lipinski definition) is 2. The Hall–Kier alpha value is -2.89. The van der Waals surface area contributed by atoms with Crippen LogP contribution in [0.1, 0.15) is 36.1 Å². The zero-order chi connectivity index (χ0) is 17.6. The van der Waals surface area contributed by atoms with E-state index in [4.69, 9.17) is 0 Å². The van der Waals surface area contributed by atoms with Crippen LogP contribution in [0.25, 0.3) is 5.69 Å². The number of aromatic nitrogens is 4. The molecular formula is C19H22N4O2. The van der Waals surface area contributed by atoms with Crippen molar-refractivity contribution in [3.63, 3.8) is 0 Å². The predicted octanol–water partition coefficient (Wildman–Crippen LogP) is 2.93. The fraction of sp³-hybridized carbons (Fsp3) is 0.316. The molecule has 2 N–H and O–H groups in total. The largest absolute Gasteiger partial charge is 0.503 e. The third-order valence-electron chi connectivity index (χ3n) is 4.28. The number of pyridine rings is 1. The summed E-state index contributed by atoms with van der Waals surface area (Å²) in [6.07, 6.45) is 8.05. The zero-order valence-corrected chi connectivity index (χ0v) is 14.3. The van der Waals surface area contributed by atoms with Crippen LogP contribution < -0.4 is 5.56 Å². The van der Waals surface area contributed by atoms with Crippen molar-refractivity contribution in [2.75, 3.05) is 0 Å². The smallest absolute Gasteiger partial charge is 0.297 e. The highest BCUT2D eigenvalue weighted by Crippen LogP contribution is 2.17. The first-order valence-electron chi connectivity index (χ1n) is 8.51. The monoisotopic (exact) mass is 338 g/mol. The van der Waals surface area contributed by atoms with E-state index in [0.29, 0.717) is 12.0 Å². The van der Waals surface area contributed by atoms with Gasteiger partial charge in [-0.25, -0.2) is 0 Å². The molecule has 0 amide bonds. The van der Waals surface area contributed by atoms with Gasteiger partial charge in [-0.1, -0.05) is 23.8 Å². The SMILES string of the molecule is Cc1cccc(-n2ccc(CCCCCc3c[nH]nn3)c(O)c2=O)c1. The Balaban J connectivity index is 1.61. The van der Waals surface area contributed by atoms with Crippen molar-refractivity contribution in [1.29, 1.82) is 0 Å². The van der Waals surface area contributed by atoms with Crippen LogP contribution in [0.15, 0.2) is 47.5 Å². The molecule has 0 fully saturated rings. The third kappa shape index (κ3) is 4.15. The molecule has 0 radical (unpaired) electrons. The number of nitrogens with zero attached hydrogens (tertiary/aromatic N) is 3. The molecule has 0 unspecified atom stereocenters. The van der Waals surface area contributed by atoms with Crippen LogP contribution in [0.2, 0.25) is 0 Å². The van der Waals surface area contributed by atoms with E-state index in [9.17, 15) is 9.90 Å². The van der Waals surface area contributed by atoms with Crippen LogP contribution in [0.3, 0.4) is 0 Å². The zero-order valence-electron chi connectivity index (χ0n) is 14.3. The van der Waals surface area contributed by atoms with Crippen LogP contribution in [0, 0.1) is 6.92 Å². The van der Waals surface area contributed by atoms with Gasteiger partial charge in [-0.3, -0.25) is 14.5 Å². The summed E-state index contributed by atoms with van der Waals surface area (Å²) in [7, 11) is 0. The lowest BCUT2D eigenvalue weighted by molar-refractivity contribution is 0.454. The summed E-state index contributed by atoms with van der Waals surface area (Å²) in [6.45, 7) is 1.97. The molecule has 3 aromatic rings. The lowest BCUT2D eigenvalue weighted by Gasteiger charge is -2.10. The van der Waals surface area contributed by atoms with Crippen LogP contribution in [0.5, 0.6) is 5.75 Å². The Labute approximate surface area is 146 Å². The highest BCUT2D eigenvalue weighted by atomic mass is 16.3. The van der Waals surface area contributed by atoms with Gasteiger partial charge in [0.1, 0.15) is 0 Å². The molecule has 3 rings (SSSR count). The average molecular weight is 338 g/mol. The minimum absolute atomic E-state index is 0.152. The Bertz CT molecular complexity index is 885. The molecule has 2 heterocycles. The lowest BCUT2D eigenvalue weighted by atomic mass is 10.1. The summed E-state index contributed by atoms with van der Waals surface area (Å²) in [6, 6.07) is 9.48. The van der Waals surface area contributed by atoms with Crippen LogP contribution >= 0.6 is 0 Å². The van der Waals surface area contributed by atoms with Crippen LogP contribution in [-0.4, -0.2) is 25.1 Å². The molecule has 0 atom stereocenters. The van der Waals surface area contributed by atoms with Gasteiger partial charge < -0.3 is 5.11 Å². The first-order chi connectivity index (χ1) is 12.1. The summed E-state index contributed by atoms with van der Waals surface area (Å²) in [4.78, 5) is 12.4. The number of unbranched alkanes of at least 4 members (excludes halogenated alkanes) is 2. The number of aryl methyl sites for hydroxylation is 3. The predicted molar refractivity (Wildman–Crippen MR) is 96.1 cm³/mol. The summed E-state index contributed by atoms with van der Waals surface area (Å²) in [5.41, 5.74) is 3.13. The van der Waals surface area contributed by atoms with Crippen molar-refractivity contribution in [1.82, 2.24) is 20.0 Å². The minimum atomic E-state index is -0.370. The van der Waals surface area contributed by atoms with Crippen molar-refractivity contribution in [3.8, 4) is 11.4 Å². The van der Waals surface area contributed by atoms with E-state index in [2.05, 4.69) is 15.4 Å². The summed E-state index contributed by atoms with van der Waals surface area (Å²) < 4.78 is 1.48. The van der Waals surface area contributed by atoms with Gasteiger partial charge in [0.15, 0.2) is 5.75 Å². The molecule has 1 aromatic carbocycles. The molecule has 2 aromatic heterocycles. The molecule has 0 bridgehead atoms. The van der Waals surface area contributed by atoms with Crippen LogP contribution in [0.4, 0.5) is 0 Å². The summed E-state index contributed by atoms with van der Waals surface area (Å²) >= 11 is 0. The Morgan fingerprint density at radius 3 is 2.76 bits per heavy atom. The van der Waals surface area contributed by atoms with Gasteiger partial charge in [-0.2, -0.15) is 0 Å². The van der Waals surface area contributed by atoms with Gasteiger partial charge in [0, 0.05) is 23.6 Å². The molecule has 0 aliphatic heterocycles. The van der Waals surface area contributed by atoms with Crippen molar-refractivity contribution in [2.24, 2.45) is 0 Å². The fourth-order valence-electron chi connectivity index (χ4n) is 2.89. The average Bonchev–Trinajstić information content (AvgIpc) is 3.12. The summed E-state index contributed by atoms with van der Waals surface area (Å²) in [5.74, 6) is -0.152. The Kier molecular flexibility index (Phi) is 5.28. The number of hydrogen-bond acceptors (Lipinski definition) is 4. The number of aromatic amines is 1. The molecular weight excluding hydrogens is 316 g/mol. The molecule has 130 valence electrons. The van der Waals surface area contributed by atoms with Gasteiger partial charge in [-0.05, 0) is 56.4 Å². The molecule has 0 aliphatic carbocycles. The highest BCUT2D eigenvalue weighted by molar-refractivity contribution is 5.39. The van der Waals surface area contributed by atoms with Crippen molar-refractivity contribution in [2.45, 2.75) is 39.0 Å². The first-order valence-corrected chi connectivity index (χ1v) is 8.51. The van der Waals surface area contributed by atoms with E-state index >= 15 is 0 Å². The topological polar surface area (TPSA) is 83.8 Å². The van der Waals surface area contributed by atoms with Gasteiger partial charge in [0.05, 0.1) is 5.69 Å². The van der Waals surface area contributed by atoms with Crippen molar-refractivity contribution in [3.05, 3.63) is 69.9 Å². The molecule has 0 saturated heterocycles. The van der Waals surface area contributed by atoms with E-state index in [1.807, 2.05) is 37.3 Å². The molecule has 6 heteroatoms. The third-order valence-corrected chi connectivity index (χ3v) is 4.28. The van der Waals surface area contributed by atoms with Gasteiger partial charge in [0.25, 0.3) is 5.56 Å². The first kappa shape index (κ1) is 17.0.